The first-order valence-electron chi connectivity index (χ1n) is 9.32. The van der Waals surface area contributed by atoms with Crippen LogP contribution in [0.2, 0.25) is 0 Å². The van der Waals surface area contributed by atoms with E-state index >= 15 is 0 Å². The predicted octanol–water partition coefficient (Wildman–Crippen LogP) is 3.67. The minimum absolute atomic E-state index is 0.222. The van der Waals surface area contributed by atoms with Crippen molar-refractivity contribution in [3.05, 3.63) is 12.2 Å². The van der Waals surface area contributed by atoms with Gasteiger partial charge in [0.25, 0.3) is 0 Å². The second-order valence-electron chi connectivity index (χ2n) is 6.87. The molecule has 0 saturated carbocycles. The molecule has 2 atom stereocenters. The van der Waals surface area contributed by atoms with E-state index in [1.54, 1.807) is 0 Å². The number of carbonyl (C=O) groups is 4. The van der Waals surface area contributed by atoms with E-state index in [0.717, 1.165) is 0 Å². The van der Waals surface area contributed by atoms with Crippen molar-refractivity contribution in [2.24, 2.45) is 0 Å². The quantitative estimate of drug-likeness (QED) is 0.156. The van der Waals surface area contributed by atoms with Gasteiger partial charge in [-0.2, -0.15) is 43.9 Å². The molecule has 0 radical (unpaired) electrons. The van der Waals surface area contributed by atoms with Gasteiger partial charge in [-0.05, 0) is 0 Å². The number of esters is 4. The van der Waals surface area contributed by atoms with Gasteiger partial charge in [-0.25, -0.2) is 9.59 Å². The zero-order valence-corrected chi connectivity index (χ0v) is 18.2. The molecule has 36 heavy (non-hydrogen) atoms. The molecule has 0 aromatic heterocycles. The molecule has 18 heteroatoms. The summed E-state index contributed by atoms with van der Waals surface area (Å²) in [4.78, 5) is 44.8. The van der Waals surface area contributed by atoms with Crippen molar-refractivity contribution in [2.45, 2.75) is 63.1 Å². The fourth-order valence-electron chi connectivity index (χ4n) is 2.12. The first-order valence-corrected chi connectivity index (χ1v) is 9.32. The van der Waals surface area contributed by atoms with Gasteiger partial charge in [-0.3, -0.25) is 9.59 Å². The van der Waals surface area contributed by atoms with Crippen LogP contribution in [0.3, 0.4) is 0 Å². The van der Waals surface area contributed by atoms with Crippen LogP contribution in [0.15, 0.2) is 12.2 Å². The van der Waals surface area contributed by atoms with E-state index in [4.69, 9.17) is 0 Å². The van der Waals surface area contributed by atoms with E-state index in [-0.39, 0.29) is 12.2 Å². The average molecular weight is 552 g/mol. The lowest BCUT2D eigenvalue weighted by Gasteiger charge is -2.24. The molecule has 0 aliphatic carbocycles. The summed E-state index contributed by atoms with van der Waals surface area (Å²) >= 11 is 0. The molecular formula is C18H18F10O8. The number of ether oxygens (including phenoxy) is 4. The summed E-state index contributed by atoms with van der Waals surface area (Å²) in [6.45, 7) is -1.26. The monoisotopic (exact) mass is 552 g/mol. The van der Waals surface area contributed by atoms with Gasteiger partial charge in [-0.1, -0.05) is 0 Å². The fraction of sp³-hybridized carbons (Fsp3) is 0.667. The molecule has 0 aromatic carbocycles. The summed E-state index contributed by atoms with van der Waals surface area (Å²) in [6, 6.07) is 0. The highest BCUT2D eigenvalue weighted by Crippen LogP contribution is 2.40. The van der Waals surface area contributed by atoms with Crippen LogP contribution in [0.5, 0.6) is 0 Å². The van der Waals surface area contributed by atoms with Gasteiger partial charge < -0.3 is 18.9 Å². The van der Waals surface area contributed by atoms with Crippen molar-refractivity contribution in [1.82, 2.24) is 0 Å². The molecule has 2 unspecified atom stereocenters. The highest BCUT2D eigenvalue weighted by molar-refractivity contribution is 5.91. The number of carbonyl (C=O) groups excluding carboxylic acids is 4. The predicted molar refractivity (Wildman–Crippen MR) is 93.4 cm³/mol. The Kier molecular flexibility index (Phi) is 11.7. The molecular weight excluding hydrogens is 534 g/mol. The Labute approximate surface area is 195 Å². The Hall–Kier alpha value is -3.08. The maximum Gasteiger partial charge on any atom is 0.453 e. The van der Waals surface area contributed by atoms with E-state index in [0.29, 0.717) is 13.8 Å². The summed E-state index contributed by atoms with van der Waals surface area (Å²) in [5.74, 6) is -16.3. The van der Waals surface area contributed by atoms with Gasteiger partial charge in [0, 0.05) is 26.0 Å². The van der Waals surface area contributed by atoms with Crippen LogP contribution in [0.25, 0.3) is 0 Å². The molecule has 0 heterocycles. The molecule has 8 nitrogen and oxygen atoms in total. The molecule has 0 rings (SSSR count). The van der Waals surface area contributed by atoms with Crippen molar-refractivity contribution < 1.29 is 82.0 Å². The maximum atomic E-state index is 13.1. The standard InChI is InChI=1S/C18H18F10O8/c1-9(29)35-11(5-15(19,20)17(23,24)25)7-33-13(31)3-4-14(32)34-8-12(36-10(2)30)6-16(21,22)18(26,27)28/h3-4,11-12H,5-8H2,1-2H3/b4-3-. The lowest BCUT2D eigenvalue weighted by molar-refractivity contribution is -0.291. The smallest absolute Gasteiger partial charge is 0.453 e. The number of alkyl halides is 10. The largest absolute Gasteiger partial charge is 0.459 e. The van der Waals surface area contributed by atoms with E-state index in [9.17, 15) is 63.1 Å². The zero-order valence-electron chi connectivity index (χ0n) is 18.2. The number of hydrogen-bond acceptors (Lipinski definition) is 8. The van der Waals surface area contributed by atoms with Gasteiger partial charge in [0.2, 0.25) is 0 Å². The number of halogens is 10. The third kappa shape index (κ3) is 12.1. The van der Waals surface area contributed by atoms with Crippen LogP contribution in [0.1, 0.15) is 26.7 Å². The molecule has 0 spiro atoms. The van der Waals surface area contributed by atoms with Gasteiger partial charge in [0.15, 0.2) is 0 Å². The van der Waals surface area contributed by atoms with E-state index < -0.39 is 86.3 Å². The van der Waals surface area contributed by atoms with Crippen molar-refractivity contribution in [3.63, 3.8) is 0 Å². The Morgan fingerprint density at radius 3 is 1.11 bits per heavy atom. The third-order valence-corrected chi connectivity index (χ3v) is 3.64. The zero-order chi connectivity index (χ0) is 28.5. The SMILES string of the molecule is CC(=O)OC(COC(=O)/C=C\C(=O)OCC(CC(F)(F)C(F)(F)F)OC(C)=O)CC(F)(F)C(F)(F)F. The average Bonchev–Trinajstić information content (AvgIpc) is 2.65. The van der Waals surface area contributed by atoms with Gasteiger partial charge in [-0.15, -0.1) is 0 Å². The van der Waals surface area contributed by atoms with Crippen LogP contribution in [0.4, 0.5) is 43.9 Å². The second-order valence-corrected chi connectivity index (χ2v) is 6.87. The molecule has 0 fully saturated rings. The van der Waals surface area contributed by atoms with Gasteiger partial charge >= 0.3 is 48.1 Å². The minimum atomic E-state index is -6.01. The molecule has 208 valence electrons. The summed E-state index contributed by atoms with van der Waals surface area (Å²) < 4.78 is 143. The van der Waals surface area contributed by atoms with Crippen LogP contribution in [-0.4, -0.2) is 73.5 Å². The molecule has 0 aliphatic rings. The molecule has 0 saturated heterocycles. The lowest BCUT2D eigenvalue weighted by atomic mass is 10.1. The Balaban J connectivity index is 4.99. The number of rotatable bonds is 12. The van der Waals surface area contributed by atoms with Gasteiger partial charge in [0.1, 0.15) is 25.4 Å². The van der Waals surface area contributed by atoms with Crippen LogP contribution >= 0.6 is 0 Å². The van der Waals surface area contributed by atoms with Crippen molar-refractivity contribution in [1.29, 1.82) is 0 Å². The topological polar surface area (TPSA) is 105 Å². The molecule has 0 aliphatic heterocycles. The molecule has 0 aromatic rings. The second kappa shape index (κ2) is 12.8. The lowest BCUT2D eigenvalue weighted by Crippen LogP contribution is -2.42. The van der Waals surface area contributed by atoms with Gasteiger partial charge in [0.05, 0.1) is 12.8 Å². The van der Waals surface area contributed by atoms with Crippen LogP contribution in [0, 0.1) is 0 Å². The summed E-state index contributed by atoms with van der Waals surface area (Å²) in [5.41, 5.74) is 0. The minimum Gasteiger partial charge on any atom is -0.459 e. The van der Waals surface area contributed by atoms with E-state index in [1.165, 1.54) is 0 Å². The van der Waals surface area contributed by atoms with Crippen LogP contribution in [-0.2, 0) is 38.1 Å². The Bertz CT molecular complexity index is 754. The third-order valence-electron chi connectivity index (χ3n) is 3.64. The molecule has 0 amide bonds. The highest BCUT2D eigenvalue weighted by Gasteiger charge is 2.59. The van der Waals surface area contributed by atoms with Crippen molar-refractivity contribution in [2.75, 3.05) is 13.2 Å². The molecule has 0 bridgehead atoms. The maximum absolute atomic E-state index is 13.1. The normalized spacial score (nSPS) is 14.7. The van der Waals surface area contributed by atoms with Crippen LogP contribution < -0.4 is 0 Å². The van der Waals surface area contributed by atoms with E-state index in [2.05, 4.69) is 18.9 Å². The Morgan fingerprint density at radius 2 is 0.889 bits per heavy atom. The molecule has 0 N–H and O–H groups in total. The van der Waals surface area contributed by atoms with Crippen molar-refractivity contribution in [3.8, 4) is 0 Å². The van der Waals surface area contributed by atoms with Crippen molar-refractivity contribution >= 4 is 23.9 Å². The summed E-state index contributed by atoms with van der Waals surface area (Å²) in [6.07, 6.45) is -20.3. The summed E-state index contributed by atoms with van der Waals surface area (Å²) in [7, 11) is 0. The fourth-order valence-corrected chi connectivity index (χ4v) is 2.12. The summed E-state index contributed by atoms with van der Waals surface area (Å²) in [5, 5.41) is 0. The Morgan fingerprint density at radius 1 is 0.611 bits per heavy atom. The number of hydrogen-bond donors (Lipinski definition) is 0. The first kappa shape index (κ1) is 32.9. The van der Waals surface area contributed by atoms with E-state index in [1.807, 2.05) is 0 Å². The first-order chi connectivity index (χ1) is 16.1. The highest BCUT2D eigenvalue weighted by atomic mass is 19.4.